The van der Waals surface area contributed by atoms with Gasteiger partial charge in [0.2, 0.25) is 5.91 Å². The Bertz CT molecular complexity index is 767. The molecule has 2 aromatic rings. The molecule has 124 valence electrons. The molecule has 1 heterocycles. The minimum absolute atomic E-state index is 0.0699. The third-order valence-corrected chi connectivity index (χ3v) is 3.80. The zero-order valence-electron chi connectivity index (χ0n) is 13.7. The summed E-state index contributed by atoms with van der Waals surface area (Å²) in [6.07, 6.45) is 0.899. The predicted octanol–water partition coefficient (Wildman–Crippen LogP) is 1.77. The van der Waals surface area contributed by atoms with E-state index in [-0.39, 0.29) is 18.2 Å². The fourth-order valence-corrected chi connectivity index (χ4v) is 2.60. The maximum Gasteiger partial charge on any atom is 0.336 e. The molecule has 2 rings (SSSR count). The molecule has 6 nitrogen and oxygen atoms in total. The molecule has 0 spiro atoms. The first-order valence-corrected chi connectivity index (χ1v) is 7.64. The van der Waals surface area contributed by atoms with Crippen LogP contribution in [-0.4, -0.2) is 36.1 Å². The maximum atomic E-state index is 11.8. The smallest absolute Gasteiger partial charge is 0.336 e. The highest BCUT2D eigenvalue weighted by molar-refractivity contribution is 5.85. The number of nitrogens with one attached hydrogen (secondary N) is 1. The van der Waals surface area contributed by atoms with Crippen LogP contribution in [0.5, 0.6) is 5.75 Å². The molecule has 0 unspecified atom stereocenters. The highest BCUT2D eigenvalue weighted by Crippen LogP contribution is 2.27. The number of phenols is 1. The lowest BCUT2D eigenvalue weighted by Gasteiger charge is -2.21. The van der Waals surface area contributed by atoms with Crippen molar-refractivity contribution >= 4 is 16.9 Å². The molecule has 1 amide bonds. The minimum Gasteiger partial charge on any atom is -0.508 e. The molecular formula is C17H22N2O4. The van der Waals surface area contributed by atoms with Gasteiger partial charge in [-0.3, -0.25) is 9.69 Å². The van der Waals surface area contributed by atoms with Gasteiger partial charge in [0.15, 0.2) is 0 Å². The van der Waals surface area contributed by atoms with E-state index < -0.39 is 5.63 Å². The van der Waals surface area contributed by atoms with Crippen molar-refractivity contribution in [1.29, 1.82) is 0 Å². The second kappa shape index (κ2) is 7.28. The van der Waals surface area contributed by atoms with E-state index in [2.05, 4.69) is 5.32 Å². The van der Waals surface area contributed by atoms with Crippen molar-refractivity contribution in [2.24, 2.45) is 0 Å². The Labute approximate surface area is 134 Å². The number of fused-ring (bicyclic) bond motifs is 1. The average molecular weight is 318 g/mol. The van der Waals surface area contributed by atoms with Gasteiger partial charge < -0.3 is 14.8 Å². The second-order valence-electron chi connectivity index (χ2n) is 5.56. The first kappa shape index (κ1) is 17.0. The van der Waals surface area contributed by atoms with Gasteiger partial charge in [0.05, 0.1) is 6.54 Å². The summed E-state index contributed by atoms with van der Waals surface area (Å²) in [6.45, 7) is 5.22. The predicted molar refractivity (Wildman–Crippen MR) is 88.5 cm³/mol. The van der Waals surface area contributed by atoms with Crippen molar-refractivity contribution in [1.82, 2.24) is 10.2 Å². The summed E-state index contributed by atoms with van der Waals surface area (Å²) in [6, 6.07) is 4.77. The van der Waals surface area contributed by atoms with Crippen molar-refractivity contribution < 1.29 is 14.3 Å². The van der Waals surface area contributed by atoms with Crippen LogP contribution in [0.3, 0.4) is 0 Å². The van der Waals surface area contributed by atoms with E-state index in [9.17, 15) is 14.7 Å². The van der Waals surface area contributed by atoms with Gasteiger partial charge in [-0.25, -0.2) is 4.79 Å². The number of phenolic OH excluding ortho intramolecular Hbond substituents is 1. The molecule has 0 aliphatic rings. The number of aryl methyl sites for hydroxylation is 1. The van der Waals surface area contributed by atoms with Crippen LogP contribution in [0.2, 0.25) is 0 Å². The fourth-order valence-electron chi connectivity index (χ4n) is 2.60. The van der Waals surface area contributed by atoms with E-state index in [4.69, 9.17) is 4.42 Å². The molecule has 2 N–H and O–H groups in total. The third kappa shape index (κ3) is 3.90. The molecule has 0 saturated heterocycles. The Morgan fingerprint density at radius 3 is 2.78 bits per heavy atom. The molecule has 0 aliphatic carbocycles. The standard InChI is InChI=1S/C17H22N2O4/c1-4-7-19(10-15(21)18-3)9-12-8-16(22)23-17-11(2)14(20)6-5-13(12)17/h5-6,8,20H,4,7,9-10H2,1-3H3,(H,18,21). The topological polar surface area (TPSA) is 82.8 Å². The van der Waals surface area contributed by atoms with E-state index in [0.29, 0.717) is 17.7 Å². The van der Waals surface area contributed by atoms with Crippen LogP contribution in [0, 0.1) is 6.92 Å². The average Bonchev–Trinajstić information content (AvgIpc) is 2.51. The molecule has 0 fully saturated rings. The molecule has 0 saturated carbocycles. The van der Waals surface area contributed by atoms with Gasteiger partial charge in [-0.1, -0.05) is 6.92 Å². The fraction of sp³-hybridized carbons (Fsp3) is 0.412. The molecule has 6 heteroatoms. The number of carbonyl (C=O) groups excluding carboxylic acids is 1. The molecular weight excluding hydrogens is 296 g/mol. The van der Waals surface area contributed by atoms with E-state index >= 15 is 0 Å². The van der Waals surface area contributed by atoms with Gasteiger partial charge in [0, 0.05) is 30.6 Å². The summed E-state index contributed by atoms with van der Waals surface area (Å²) in [5.41, 5.74) is 1.26. The van der Waals surface area contributed by atoms with E-state index in [1.807, 2.05) is 11.8 Å². The summed E-state index contributed by atoms with van der Waals surface area (Å²) in [4.78, 5) is 25.5. The number of rotatable bonds is 6. The largest absolute Gasteiger partial charge is 0.508 e. The number of aromatic hydroxyl groups is 1. The van der Waals surface area contributed by atoms with Crippen molar-refractivity contribution in [3.63, 3.8) is 0 Å². The Morgan fingerprint density at radius 1 is 1.39 bits per heavy atom. The number of hydrogen-bond donors (Lipinski definition) is 2. The van der Waals surface area contributed by atoms with Crippen molar-refractivity contribution in [3.8, 4) is 5.75 Å². The van der Waals surface area contributed by atoms with Crippen LogP contribution in [0.15, 0.2) is 27.4 Å². The van der Waals surface area contributed by atoms with Gasteiger partial charge >= 0.3 is 5.63 Å². The number of nitrogens with zero attached hydrogens (tertiary/aromatic N) is 1. The van der Waals surface area contributed by atoms with Crippen LogP contribution in [0.25, 0.3) is 11.0 Å². The van der Waals surface area contributed by atoms with Gasteiger partial charge in [0.25, 0.3) is 0 Å². The van der Waals surface area contributed by atoms with Gasteiger partial charge in [0.1, 0.15) is 11.3 Å². The van der Waals surface area contributed by atoms with Crippen LogP contribution in [-0.2, 0) is 11.3 Å². The Hall–Kier alpha value is -2.34. The molecule has 0 atom stereocenters. The van der Waals surface area contributed by atoms with Gasteiger partial charge in [-0.15, -0.1) is 0 Å². The van der Waals surface area contributed by atoms with Crippen LogP contribution < -0.4 is 10.9 Å². The Kier molecular flexibility index (Phi) is 5.39. The Balaban J connectivity index is 2.43. The number of hydrogen-bond acceptors (Lipinski definition) is 5. The number of benzene rings is 1. The van der Waals surface area contributed by atoms with Crippen LogP contribution >= 0.6 is 0 Å². The van der Waals surface area contributed by atoms with E-state index in [0.717, 1.165) is 23.9 Å². The summed E-state index contributed by atoms with van der Waals surface area (Å²) in [5.74, 6) is 0.0214. The zero-order valence-corrected chi connectivity index (χ0v) is 13.7. The van der Waals surface area contributed by atoms with Crippen LogP contribution in [0.4, 0.5) is 0 Å². The number of carbonyl (C=O) groups is 1. The molecule has 1 aromatic heterocycles. The van der Waals surface area contributed by atoms with Crippen molar-refractivity contribution in [2.75, 3.05) is 20.1 Å². The summed E-state index contributed by atoms with van der Waals surface area (Å²) < 4.78 is 5.24. The monoisotopic (exact) mass is 318 g/mol. The lowest BCUT2D eigenvalue weighted by atomic mass is 10.1. The summed E-state index contributed by atoms with van der Waals surface area (Å²) in [7, 11) is 1.60. The van der Waals surface area contributed by atoms with Gasteiger partial charge in [-0.2, -0.15) is 0 Å². The molecule has 0 radical (unpaired) electrons. The Morgan fingerprint density at radius 2 is 2.13 bits per heavy atom. The first-order valence-electron chi connectivity index (χ1n) is 7.64. The minimum atomic E-state index is -0.461. The number of likely N-dealkylation sites (N-methyl/N-ethyl adjacent to an activating group) is 1. The highest BCUT2D eigenvalue weighted by Gasteiger charge is 2.15. The molecule has 23 heavy (non-hydrogen) atoms. The molecule has 1 aromatic carbocycles. The van der Waals surface area contributed by atoms with E-state index in [1.165, 1.54) is 6.07 Å². The van der Waals surface area contributed by atoms with E-state index in [1.54, 1.807) is 26.1 Å². The van der Waals surface area contributed by atoms with Crippen molar-refractivity contribution in [3.05, 3.63) is 39.7 Å². The van der Waals surface area contributed by atoms with Gasteiger partial charge in [-0.05, 0) is 37.6 Å². The van der Waals surface area contributed by atoms with Crippen LogP contribution in [0.1, 0.15) is 24.5 Å². The maximum absolute atomic E-state index is 11.8. The normalized spacial score (nSPS) is 11.1. The van der Waals surface area contributed by atoms with Crippen molar-refractivity contribution in [2.45, 2.75) is 26.8 Å². The lowest BCUT2D eigenvalue weighted by molar-refractivity contribution is -0.121. The lowest BCUT2D eigenvalue weighted by Crippen LogP contribution is -2.35. The summed E-state index contributed by atoms with van der Waals surface area (Å²) >= 11 is 0. The first-order chi connectivity index (χ1) is 11.0. The molecule has 0 aliphatic heterocycles. The molecule has 0 bridgehead atoms. The third-order valence-electron chi connectivity index (χ3n) is 3.80. The highest BCUT2D eigenvalue weighted by atomic mass is 16.4. The second-order valence-corrected chi connectivity index (χ2v) is 5.56. The zero-order chi connectivity index (χ0) is 17.0. The quantitative estimate of drug-likeness (QED) is 0.793. The summed E-state index contributed by atoms with van der Waals surface area (Å²) in [5, 5.41) is 13.2. The SMILES string of the molecule is CCCN(CC(=O)NC)Cc1cc(=O)oc2c(C)c(O)ccc12. The number of amides is 1.